The summed E-state index contributed by atoms with van der Waals surface area (Å²) in [6.07, 6.45) is 5.38. The molecule has 0 N–H and O–H groups in total. The van der Waals surface area contributed by atoms with Crippen LogP contribution < -0.4 is 17.0 Å². The Morgan fingerprint density at radius 3 is 1.96 bits per heavy atom. The van der Waals surface area contributed by atoms with Crippen LogP contribution in [0.15, 0.2) is 60.7 Å². The van der Waals surface area contributed by atoms with Crippen molar-refractivity contribution < 1.29 is 21.5 Å². The topological polar surface area (TPSA) is 0 Å². The van der Waals surface area contributed by atoms with Gasteiger partial charge in [-0.1, -0.05) is 60.7 Å². The van der Waals surface area contributed by atoms with Crippen molar-refractivity contribution in [2.75, 3.05) is 26.2 Å². The third-order valence-electron chi connectivity index (χ3n) is 6.04. The number of piperidine rings is 1. The second kappa shape index (κ2) is 6.78. The van der Waals surface area contributed by atoms with Gasteiger partial charge in [0.15, 0.2) is 0 Å². The summed E-state index contributed by atoms with van der Waals surface area (Å²) in [5.74, 6) is 0. The van der Waals surface area contributed by atoms with Crippen LogP contribution in [-0.4, -0.2) is 30.7 Å². The Kier molecular flexibility index (Phi) is 4.93. The number of fused-ring (bicyclic) bond motifs is 2. The Morgan fingerprint density at radius 2 is 1.35 bits per heavy atom. The molecule has 2 aliphatic rings. The van der Waals surface area contributed by atoms with Crippen molar-refractivity contribution in [3.8, 4) is 0 Å². The number of hydrogen-bond donors (Lipinski definition) is 0. The molecule has 0 amide bonds. The van der Waals surface area contributed by atoms with Gasteiger partial charge in [0.2, 0.25) is 0 Å². The first-order valence-electron chi connectivity index (χ1n) is 8.71. The van der Waals surface area contributed by atoms with Gasteiger partial charge < -0.3 is 21.5 Å². The highest BCUT2D eigenvalue weighted by molar-refractivity contribution is 5.18. The minimum Gasteiger partial charge on any atom is -1.00 e. The molecule has 4 rings (SSSR count). The van der Waals surface area contributed by atoms with E-state index in [9.17, 15) is 0 Å². The fourth-order valence-electron chi connectivity index (χ4n) is 4.79. The number of quaternary nitrogens is 1. The van der Waals surface area contributed by atoms with Gasteiger partial charge in [-0.15, -0.1) is 0 Å². The first-order valence-corrected chi connectivity index (χ1v) is 8.71. The third-order valence-corrected chi connectivity index (χ3v) is 6.04. The number of rotatable bonds is 5. The molecule has 2 aromatic carbocycles. The highest BCUT2D eigenvalue weighted by Gasteiger charge is 2.54. The molecule has 1 nitrogen and oxygen atoms in total. The highest BCUT2D eigenvalue weighted by atomic mass is 79.9. The SMILES string of the molecule is [Br-].c1ccc(CC[N+]23CCC(Cc4ccccc4)(CC2)C3)cc1. The molecule has 2 aliphatic heterocycles. The van der Waals surface area contributed by atoms with Crippen LogP contribution in [0.5, 0.6) is 0 Å². The van der Waals surface area contributed by atoms with Gasteiger partial charge in [-0.3, -0.25) is 0 Å². The van der Waals surface area contributed by atoms with Crippen LogP contribution in [0, 0.1) is 5.41 Å². The lowest BCUT2D eigenvalue weighted by Gasteiger charge is -2.31. The molecule has 0 saturated carbocycles. The maximum Gasteiger partial charge on any atom is 0.0851 e. The fourth-order valence-corrected chi connectivity index (χ4v) is 4.79. The second-order valence-electron chi connectivity index (χ2n) is 7.57. The average Bonchev–Trinajstić information content (AvgIpc) is 3.11. The zero-order valence-corrected chi connectivity index (χ0v) is 15.3. The van der Waals surface area contributed by atoms with Crippen molar-refractivity contribution >= 4 is 0 Å². The summed E-state index contributed by atoms with van der Waals surface area (Å²) in [5.41, 5.74) is 3.63. The van der Waals surface area contributed by atoms with E-state index in [1.807, 2.05) is 0 Å². The number of hydrogen-bond acceptors (Lipinski definition) is 0. The summed E-state index contributed by atoms with van der Waals surface area (Å²) in [5, 5.41) is 0. The minimum absolute atomic E-state index is 0. The van der Waals surface area contributed by atoms with Crippen LogP contribution in [0.2, 0.25) is 0 Å². The molecule has 0 aromatic heterocycles. The lowest BCUT2D eigenvalue weighted by molar-refractivity contribution is -0.909. The molecule has 2 fully saturated rings. The maximum atomic E-state index is 2.31. The monoisotopic (exact) mass is 371 g/mol. The Hall–Kier alpha value is -1.12. The van der Waals surface area contributed by atoms with E-state index in [-0.39, 0.29) is 17.0 Å². The number of halogens is 1. The maximum absolute atomic E-state index is 2.31. The smallest absolute Gasteiger partial charge is 0.0851 e. The van der Waals surface area contributed by atoms with Gasteiger partial charge in [0, 0.05) is 24.7 Å². The first kappa shape index (κ1) is 16.7. The largest absolute Gasteiger partial charge is 1.00 e. The van der Waals surface area contributed by atoms with Crippen molar-refractivity contribution in [3.05, 3.63) is 71.8 Å². The lowest BCUT2D eigenvalue weighted by atomic mass is 9.79. The Labute approximate surface area is 150 Å². The molecule has 0 atom stereocenters. The fraction of sp³-hybridized carbons (Fsp3) is 0.429. The summed E-state index contributed by atoms with van der Waals surface area (Å²) in [6, 6.07) is 22.1. The number of benzene rings is 2. The molecule has 2 bridgehead atoms. The van der Waals surface area contributed by atoms with Crippen LogP contribution in [0.25, 0.3) is 0 Å². The van der Waals surface area contributed by atoms with E-state index >= 15 is 0 Å². The van der Waals surface area contributed by atoms with E-state index < -0.39 is 0 Å². The van der Waals surface area contributed by atoms with Gasteiger partial charge in [0.1, 0.15) is 0 Å². The quantitative estimate of drug-likeness (QED) is 0.690. The summed E-state index contributed by atoms with van der Waals surface area (Å²) in [4.78, 5) is 0. The normalized spacial score (nSPS) is 28.5. The molecule has 23 heavy (non-hydrogen) atoms. The predicted octanol–water partition coefficient (Wildman–Crippen LogP) is 1.09. The van der Waals surface area contributed by atoms with E-state index in [0.29, 0.717) is 5.41 Å². The second-order valence-corrected chi connectivity index (χ2v) is 7.57. The molecule has 0 radical (unpaired) electrons. The lowest BCUT2D eigenvalue weighted by Crippen LogP contribution is -3.00. The molecule has 2 heteroatoms. The molecule has 122 valence electrons. The van der Waals surface area contributed by atoms with Crippen molar-refractivity contribution in [3.63, 3.8) is 0 Å². The standard InChI is InChI=1S/C21H26N.BrH/c1-3-7-19(8-4-1)11-14-22-15-12-21(18-22,13-16-22)17-20-9-5-2-6-10-20;/h1-10H,11-18H2;1H/q+1;/p-1. The van der Waals surface area contributed by atoms with Crippen LogP contribution in [-0.2, 0) is 12.8 Å². The van der Waals surface area contributed by atoms with E-state index in [1.165, 1.54) is 67.5 Å². The highest BCUT2D eigenvalue weighted by Crippen LogP contribution is 2.47. The van der Waals surface area contributed by atoms with Gasteiger partial charge in [-0.05, 0) is 17.5 Å². The van der Waals surface area contributed by atoms with E-state index in [1.54, 1.807) is 0 Å². The molecule has 0 unspecified atom stereocenters. The van der Waals surface area contributed by atoms with Gasteiger partial charge in [0.25, 0.3) is 0 Å². The van der Waals surface area contributed by atoms with Crippen molar-refractivity contribution in [2.24, 2.45) is 5.41 Å². The summed E-state index contributed by atoms with van der Waals surface area (Å²) >= 11 is 0. The average molecular weight is 372 g/mol. The summed E-state index contributed by atoms with van der Waals surface area (Å²) < 4.78 is 1.38. The zero-order valence-electron chi connectivity index (χ0n) is 13.8. The molecular formula is C21H26BrN. The Morgan fingerprint density at radius 1 is 0.783 bits per heavy atom. The third kappa shape index (κ3) is 3.54. The van der Waals surface area contributed by atoms with Crippen LogP contribution in [0.3, 0.4) is 0 Å². The van der Waals surface area contributed by atoms with E-state index in [2.05, 4.69) is 60.7 Å². The molecular weight excluding hydrogens is 346 g/mol. The zero-order chi connectivity index (χ0) is 14.9. The molecule has 2 heterocycles. The van der Waals surface area contributed by atoms with Crippen molar-refractivity contribution in [2.45, 2.75) is 25.7 Å². The molecule has 2 saturated heterocycles. The van der Waals surface area contributed by atoms with Crippen LogP contribution in [0.1, 0.15) is 24.0 Å². The van der Waals surface area contributed by atoms with Gasteiger partial charge in [0.05, 0.1) is 26.2 Å². The van der Waals surface area contributed by atoms with E-state index in [4.69, 9.17) is 0 Å². The first-order chi connectivity index (χ1) is 10.8. The summed E-state index contributed by atoms with van der Waals surface area (Å²) in [7, 11) is 0. The van der Waals surface area contributed by atoms with Gasteiger partial charge in [-0.25, -0.2) is 0 Å². The molecule has 0 aliphatic carbocycles. The predicted molar refractivity (Wildman–Crippen MR) is 91.7 cm³/mol. The Balaban J connectivity index is 0.00000156. The van der Waals surface area contributed by atoms with Crippen molar-refractivity contribution in [1.82, 2.24) is 0 Å². The minimum atomic E-state index is 0. The molecule has 2 aromatic rings. The van der Waals surface area contributed by atoms with Crippen LogP contribution in [0.4, 0.5) is 0 Å². The van der Waals surface area contributed by atoms with E-state index in [0.717, 1.165) is 0 Å². The molecule has 0 spiro atoms. The summed E-state index contributed by atoms with van der Waals surface area (Å²) in [6.45, 7) is 5.55. The Bertz CT molecular complexity index is 615. The van der Waals surface area contributed by atoms with Gasteiger partial charge >= 0.3 is 0 Å². The van der Waals surface area contributed by atoms with Gasteiger partial charge in [-0.2, -0.15) is 0 Å². The van der Waals surface area contributed by atoms with Crippen LogP contribution >= 0.6 is 0 Å². The van der Waals surface area contributed by atoms with Crippen molar-refractivity contribution in [1.29, 1.82) is 0 Å². The number of nitrogens with zero attached hydrogens (tertiary/aromatic N) is 1.